The van der Waals surface area contributed by atoms with Gasteiger partial charge in [-0.1, -0.05) is 31.2 Å². The van der Waals surface area contributed by atoms with Gasteiger partial charge in [-0.2, -0.15) is 0 Å². The largest absolute Gasteiger partial charge is 0.358 e. The summed E-state index contributed by atoms with van der Waals surface area (Å²) in [5.74, 6) is -0.282. The van der Waals surface area contributed by atoms with E-state index in [0.717, 1.165) is 40.7 Å². The number of aryl methyl sites for hydroxylation is 1. The van der Waals surface area contributed by atoms with Crippen molar-refractivity contribution in [3.63, 3.8) is 0 Å². The van der Waals surface area contributed by atoms with Crippen molar-refractivity contribution in [1.29, 1.82) is 10.8 Å². The number of aromatic nitrogens is 2. The topological polar surface area (TPSA) is 85.5 Å². The number of halogens is 1. The lowest BCUT2D eigenvalue weighted by Crippen LogP contribution is -2.05. The molecule has 5 nitrogen and oxygen atoms in total. The molecule has 0 aliphatic heterocycles. The molecule has 0 radical (unpaired) electrons. The molecule has 3 N–H and O–H groups in total. The Morgan fingerprint density at radius 2 is 1.94 bits per heavy atom. The van der Waals surface area contributed by atoms with Crippen LogP contribution >= 0.6 is 0 Å². The van der Waals surface area contributed by atoms with Crippen molar-refractivity contribution >= 4 is 23.7 Å². The van der Waals surface area contributed by atoms with Crippen LogP contribution in [0.2, 0.25) is 0 Å². The lowest BCUT2D eigenvalue weighted by atomic mass is 10.0. The third-order valence-electron chi connectivity index (χ3n) is 4.86. The fourth-order valence-electron chi connectivity index (χ4n) is 3.42. The van der Waals surface area contributed by atoms with E-state index >= 15 is 0 Å². The normalized spacial score (nSPS) is 11.8. The van der Waals surface area contributed by atoms with Crippen LogP contribution in [0.5, 0.6) is 0 Å². The van der Waals surface area contributed by atoms with Crippen LogP contribution in [0.1, 0.15) is 30.2 Å². The van der Waals surface area contributed by atoms with Crippen LogP contribution in [0.4, 0.5) is 10.1 Å². The molecule has 0 atom stereocenters. The highest BCUT2D eigenvalue weighted by Crippen LogP contribution is 2.22. The minimum absolute atomic E-state index is 0.282. The van der Waals surface area contributed by atoms with Crippen LogP contribution < -0.4 is 5.32 Å². The maximum atomic E-state index is 13.5. The average molecular weight is 428 g/mol. The second-order valence-corrected chi connectivity index (χ2v) is 7.32. The summed E-state index contributed by atoms with van der Waals surface area (Å²) in [5, 5.41) is 18.2. The first kappa shape index (κ1) is 22.7. The first-order valence-corrected chi connectivity index (χ1v) is 10.4. The Kier molecular flexibility index (Phi) is 7.75. The maximum Gasteiger partial charge on any atom is 0.123 e. The molecule has 0 bridgehead atoms. The van der Waals surface area contributed by atoms with Gasteiger partial charge in [-0.05, 0) is 54.8 Å². The van der Waals surface area contributed by atoms with E-state index in [9.17, 15) is 4.39 Å². The van der Waals surface area contributed by atoms with Crippen molar-refractivity contribution in [2.75, 3.05) is 5.32 Å². The molecule has 1 aromatic carbocycles. The molecule has 0 aliphatic carbocycles. The van der Waals surface area contributed by atoms with Crippen molar-refractivity contribution in [2.24, 2.45) is 0 Å². The summed E-state index contributed by atoms with van der Waals surface area (Å²) in [6.07, 6.45) is 11.2. The molecule has 2 heterocycles. The van der Waals surface area contributed by atoms with Crippen molar-refractivity contribution in [1.82, 2.24) is 9.97 Å². The molecule has 32 heavy (non-hydrogen) atoms. The predicted octanol–water partition coefficient (Wildman–Crippen LogP) is 6.22. The van der Waals surface area contributed by atoms with Crippen LogP contribution in [-0.4, -0.2) is 22.4 Å². The Hall–Kier alpha value is -3.93. The van der Waals surface area contributed by atoms with Gasteiger partial charge >= 0.3 is 0 Å². The SMILES string of the molecule is CC/C=C(/Cc1cnc(/C(C=N)=C/C=N)c(C)c1)Nc1ccc(-c2cccc(F)c2)nc1. The van der Waals surface area contributed by atoms with Gasteiger partial charge in [0.05, 0.1) is 23.3 Å². The lowest BCUT2D eigenvalue weighted by molar-refractivity contribution is 0.628. The number of hydrogen-bond acceptors (Lipinski definition) is 5. The molecule has 0 amide bonds. The third kappa shape index (κ3) is 5.82. The van der Waals surface area contributed by atoms with Gasteiger partial charge in [0.15, 0.2) is 0 Å². The predicted molar refractivity (Wildman–Crippen MR) is 130 cm³/mol. The van der Waals surface area contributed by atoms with Crippen molar-refractivity contribution in [3.05, 3.63) is 95.3 Å². The molecule has 0 fully saturated rings. The molecule has 0 spiro atoms. The fraction of sp³-hybridized carbons (Fsp3) is 0.154. The van der Waals surface area contributed by atoms with Crippen LogP contribution in [0.25, 0.3) is 16.8 Å². The fourth-order valence-corrected chi connectivity index (χ4v) is 3.42. The molecule has 3 rings (SSSR count). The van der Waals surface area contributed by atoms with E-state index < -0.39 is 0 Å². The average Bonchev–Trinajstić information content (AvgIpc) is 2.79. The molecule has 3 aromatic rings. The van der Waals surface area contributed by atoms with E-state index in [-0.39, 0.29) is 5.82 Å². The maximum absolute atomic E-state index is 13.5. The number of anilines is 1. The lowest BCUT2D eigenvalue weighted by Gasteiger charge is -2.13. The number of nitrogens with zero attached hydrogens (tertiary/aromatic N) is 2. The molecular formula is C26H26FN5. The number of benzene rings is 1. The number of rotatable bonds is 9. The quantitative estimate of drug-likeness (QED) is 0.354. The molecular weight excluding hydrogens is 401 g/mol. The van der Waals surface area contributed by atoms with Gasteiger partial charge < -0.3 is 16.1 Å². The minimum Gasteiger partial charge on any atom is -0.358 e. The van der Waals surface area contributed by atoms with Crippen LogP contribution in [-0.2, 0) is 6.42 Å². The smallest absolute Gasteiger partial charge is 0.123 e. The van der Waals surface area contributed by atoms with Crippen LogP contribution in [0.3, 0.4) is 0 Å². The zero-order valence-electron chi connectivity index (χ0n) is 18.2. The summed E-state index contributed by atoms with van der Waals surface area (Å²) in [6, 6.07) is 12.3. The standard InChI is InChI=1S/C26H26FN5/c1-3-5-23(13-19-12-18(2)26(31-16-19)21(15-29)10-11-28)32-24-8-9-25(30-17-24)20-6-4-7-22(27)14-20/h4-12,14-17,28-29,32H,3,13H2,1-2H3/b21-10+,23-5-,28-11?,29-15?. The minimum atomic E-state index is -0.282. The number of hydrogen-bond donors (Lipinski definition) is 3. The second kappa shape index (κ2) is 10.9. The van der Waals surface area contributed by atoms with Gasteiger partial charge in [-0.3, -0.25) is 9.97 Å². The highest BCUT2D eigenvalue weighted by Gasteiger charge is 2.08. The summed E-state index contributed by atoms with van der Waals surface area (Å²) in [5.41, 5.74) is 6.65. The van der Waals surface area contributed by atoms with E-state index in [1.54, 1.807) is 24.5 Å². The van der Waals surface area contributed by atoms with E-state index in [1.807, 2.05) is 25.1 Å². The second-order valence-electron chi connectivity index (χ2n) is 7.32. The molecule has 162 valence electrons. The van der Waals surface area contributed by atoms with Crippen molar-refractivity contribution in [2.45, 2.75) is 26.7 Å². The van der Waals surface area contributed by atoms with Gasteiger partial charge in [-0.25, -0.2) is 4.39 Å². The summed E-state index contributed by atoms with van der Waals surface area (Å²) in [6.45, 7) is 4.04. The Labute approximate surface area is 187 Å². The number of pyridine rings is 2. The highest BCUT2D eigenvalue weighted by atomic mass is 19.1. The van der Waals surface area contributed by atoms with Gasteiger partial charge in [0.25, 0.3) is 0 Å². The molecule has 0 unspecified atom stereocenters. The van der Waals surface area contributed by atoms with Gasteiger partial charge in [0.1, 0.15) is 5.82 Å². The highest BCUT2D eigenvalue weighted by molar-refractivity contribution is 6.11. The van der Waals surface area contributed by atoms with Gasteiger partial charge in [0, 0.05) is 41.9 Å². The van der Waals surface area contributed by atoms with Gasteiger partial charge in [-0.15, -0.1) is 0 Å². The summed E-state index contributed by atoms with van der Waals surface area (Å²) in [4.78, 5) is 8.99. The monoisotopic (exact) mass is 427 g/mol. The van der Waals surface area contributed by atoms with Gasteiger partial charge in [0.2, 0.25) is 0 Å². The zero-order valence-corrected chi connectivity index (χ0v) is 18.2. The molecule has 0 saturated carbocycles. The summed E-state index contributed by atoms with van der Waals surface area (Å²) < 4.78 is 13.5. The van der Waals surface area contributed by atoms with Crippen LogP contribution in [0, 0.1) is 23.6 Å². The van der Waals surface area contributed by atoms with Crippen LogP contribution in [0.15, 0.2) is 72.7 Å². The van der Waals surface area contributed by atoms with E-state index in [0.29, 0.717) is 23.4 Å². The van der Waals surface area contributed by atoms with Crippen molar-refractivity contribution < 1.29 is 4.39 Å². The van der Waals surface area contributed by atoms with E-state index in [1.165, 1.54) is 18.3 Å². The molecule has 0 aliphatic rings. The molecule has 0 saturated heterocycles. The number of allylic oxidation sites excluding steroid dienone is 4. The first-order valence-electron chi connectivity index (χ1n) is 10.4. The number of nitrogens with one attached hydrogen (secondary N) is 3. The zero-order chi connectivity index (χ0) is 22.9. The molecule has 6 heteroatoms. The third-order valence-corrected chi connectivity index (χ3v) is 4.86. The van der Waals surface area contributed by atoms with E-state index in [2.05, 4.69) is 34.4 Å². The Morgan fingerprint density at radius 1 is 1.09 bits per heavy atom. The molecule has 2 aromatic heterocycles. The van der Waals surface area contributed by atoms with E-state index in [4.69, 9.17) is 10.8 Å². The Balaban J connectivity index is 1.76. The first-order chi connectivity index (χ1) is 15.5. The summed E-state index contributed by atoms with van der Waals surface area (Å²) >= 11 is 0. The Morgan fingerprint density at radius 3 is 2.56 bits per heavy atom. The van der Waals surface area contributed by atoms with Crippen molar-refractivity contribution in [3.8, 4) is 11.3 Å². The Bertz CT molecular complexity index is 1160. The summed E-state index contributed by atoms with van der Waals surface area (Å²) in [7, 11) is 0.